The van der Waals surface area contributed by atoms with Crippen molar-refractivity contribution in [3.8, 4) is 0 Å². The number of halogens is 3. The Balaban J connectivity index is 2.67. The molecule has 0 spiro atoms. The second-order valence-corrected chi connectivity index (χ2v) is 6.70. The lowest BCUT2D eigenvalue weighted by atomic mass is 9.87. The summed E-state index contributed by atoms with van der Waals surface area (Å²) in [5.41, 5.74) is 0.764. The van der Waals surface area contributed by atoms with E-state index in [1.165, 1.54) is 12.1 Å². The summed E-state index contributed by atoms with van der Waals surface area (Å²) in [5.74, 6) is -0.459. The fourth-order valence-corrected chi connectivity index (χ4v) is 2.60. The van der Waals surface area contributed by atoms with Crippen LogP contribution in [0.4, 0.5) is 4.39 Å². The number of hydrogen-bond acceptors (Lipinski definition) is 2. The molecule has 0 saturated carbocycles. The molecule has 114 valence electrons. The average molecular weight is 322 g/mol. The Labute approximate surface area is 130 Å². The van der Waals surface area contributed by atoms with E-state index in [9.17, 15) is 4.39 Å². The molecule has 1 unspecified atom stereocenters. The molecule has 0 fully saturated rings. The van der Waals surface area contributed by atoms with E-state index in [2.05, 4.69) is 19.2 Å². The lowest BCUT2D eigenvalue weighted by molar-refractivity contribution is 0.233. The van der Waals surface area contributed by atoms with E-state index >= 15 is 0 Å². The minimum Gasteiger partial charge on any atom is -0.396 e. The molecule has 0 aliphatic carbocycles. The third-order valence-corrected chi connectivity index (χ3v) is 4.02. The molecule has 5 heteroatoms. The van der Waals surface area contributed by atoms with Crippen LogP contribution >= 0.6 is 23.2 Å². The zero-order valence-corrected chi connectivity index (χ0v) is 13.7. The summed E-state index contributed by atoms with van der Waals surface area (Å²) in [6.07, 6.45) is 1.70. The largest absolute Gasteiger partial charge is 0.396 e. The Bertz CT molecular complexity index is 452. The summed E-state index contributed by atoms with van der Waals surface area (Å²) in [6.45, 7) is 7.16. The number of benzene rings is 1. The van der Waals surface area contributed by atoms with Crippen molar-refractivity contribution in [3.63, 3.8) is 0 Å². The molecule has 0 aromatic heterocycles. The van der Waals surface area contributed by atoms with Gasteiger partial charge in [-0.1, -0.05) is 37.0 Å². The highest BCUT2D eigenvalue weighted by molar-refractivity contribution is 6.35. The summed E-state index contributed by atoms with van der Waals surface area (Å²) in [4.78, 5) is 0. The number of aliphatic hydroxyl groups is 1. The fourth-order valence-electron chi connectivity index (χ4n) is 2.06. The lowest BCUT2D eigenvalue weighted by Gasteiger charge is -2.27. The first-order valence-electron chi connectivity index (χ1n) is 6.75. The minimum absolute atomic E-state index is 0.0363. The van der Waals surface area contributed by atoms with Crippen molar-refractivity contribution in [2.45, 2.75) is 39.7 Å². The number of hydrogen-bond donors (Lipinski definition) is 2. The van der Waals surface area contributed by atoms with Crippen LogP contribution in [-0.2, 0) is 0 Å². The van der Waals surface area contributed by atoms with Gasteiger partial charge in [-0.05, 0) is 42.9 Å². The van der Waals surface area contributed by atoms with Gasteiger partial charge in [0.1, 0.15) is 5.82 Å². The summed E-state index contributed by atoms with van der Waals surface area (Å²) in [6, 6.07) is 2.74. The van der Waals surface area contributed by atoms with Gasteiger partial charge in [-0.25, -0.2) is 4.39 Å². The van der Waals surface area contributed by atoms with Crippen molar-refractivity contribution < 1.29 is 9.50 Å². The predicted octanol–water partition coefficient (Wildman–Crippen LogP) is 4.58. The van der Waals surface area contributed by atoms with Crippen molar-refractivity contribution in [2.75, 3.05) is 13.2 Å². The number of nitrogens with one attached hydrogen (secondary N) is 1. The highest BCUT2D eigenvalue weighted by Crippen LogP contribution is 2.29. The molecule has 0 aliphatic heterocycles. The molecule has 1 atom stereocenters. The summed E-state index contributed by atoms with van der Waals surface area (Å²) in [7, 11) is 0. The van der Waals surface area contributed by atoms with E-state index < -0.39 is 5.82 Å². The SMILES string of the molecule is CC(NCC(C)(C)CCCO)c1cc(F)c(Cl)cc1Cl. The summed E-state index contributed by atoms with van der Waals surface area (Å²) < 4.78 is 13.5. The molecule has 0 heterocycles. The van der Waals surface area contributed by atoms with Crippen LogP contribution in [0.2, 0.25) is 10.0 Å². The van der Waals surface area contributed by atoms with Gasteiger partial charge in [-0.3, -0.25) is 0 Å². The molecule has 0 saturated heterocycles. The maximum atomic E-state index is 13.5. The van der Waals surface area contributed by atoms with E-state index in [4.69, 9.17) is 28.3 Å². The van der Waals surface area contributed by atoms with E-state index in [1.54, 1.807) is 0 Å². The van der Waals surface area contributed by atoms with Crippen molar-refractivity contribution in [2.24, 2.45) is 5.41 Å². The molecule has 0 amide bonds. The molecule has 1 aromatic rings. The first-order chi connectivity index (χ1) is 9.26. The van der Waals surface area contributed by atoms with Crippen molar-refractivity contribution in [1.29, 1.82) is 0 Å². The normalized spacial score (nSPS) is 13.6. The van der Waals surface area contributed by atoms with Crippen molar-refractivity contribution in [3.05, 3.63) is 33.6 Å². The fraction of sp³-hybridized carbons (Fsp3) is 0.600. The molecule has 0 bridgehead atoms. The summed E-state index contributed by atoms with van der Waals surface area (Å²) >= 11 is 11.8. The zero-order chi connectivity index (χ0) is 15.3. The second-order valence-electron chi connectivity index (χ2n) is 5.88. The van der Waals surface area contributed by atoms with Gasteiger partial charge in [0.05, 0.1) is 5.02 Å². The molecule has 0 aliphatic rings. The maximum Gasteiger partial charge on any atom is 0.142 e. The molecular formula is C15H22Cl2FNO. The van der Waals surface area contributed by atoms with Crippen LogP contribution in [0.15, 0.2) is 12.1 Å². The zero-order valence-electron chi connectivity index (χ0n) is 12.1. The van der Waals surface area contributed by atoms with Gasteiger partial charge in [0.2, 0.25) is 0 Å². The first-order valence-corrected chi connectivity index (χ1v) is 7.51. The average Bonchev–Trinajstić information content (AvgIpc) is 2.38. The predicted molar refractivity (Wildman–Crippen MR) is 82.9 cm³/mol. The van der Waals surface area contributed by atoms with Crippen molar-refractivity contribution >= 4 is 23.2 Å². The van der Waals surface area contributed by atoms with Crippen LogP contribution in [0, 0.1) is 11.2 Å². The molecule has 2 N–H and O–H groups in total. The van der Waals surface area contributed by atoms with Crippen LogP contribution in [0.25, 0.3) is 0 Å². The Morgan fingerprint density at radius 1 is 1.30 bits per heavy atom. The second kappa shape index (κ2) is 7.60. The lowest BCUT2D eigenvalue weighted by Crippen LogP contribution is -2.31. The summed E-state index contributed by atoms with van der Waals surface area (Å²) in [5, 5.41) is 12.7. The third-order valence-electron chi connectivity index (χ3n) is 3.40. The Kier molecular flexibility index (Phi) is 6.73. The quantitative estimate of drug-likeness (QED) is 0.720. The van der Waals surface area contributed by atoms with E-state index in [1.807, 2.05) is 6.92 Å². The highest BCUT2D eigenvalue weighted by Gasteiger charge is 2.20. The molecule has 20 heavy (non-hydrogen) atoms. The molecule has 0 radical (unpaired) electrons. The van der Waals surface area contributed by atoms with Gasteiger partial charge in [0, 0.05) is 24.2 Å². The van der Waals surface area contributed by atoms with Crippen LogP contribution < -0.4 is 5.32 Å². The molecule has 1 rings (SSSR count). The van der Waals surface area contributed by atoms with E-state index in [0.29, 0.717) is 10.6 Å². The standard InChI is InChI=1S/C15H22Cl2FNO/c1-10(19-9-15(2,3)5-4-6-20)11-7-14(18)13(17)8-12(11)16/h7-8,10,19-20H,4-6,9H2,1-3H3. The van der Waals surface area contributed by atoms with Crippen LogP contribution in [-0.4, -0.2) is 18.3 Å². The number of rotatable bonds is 7. The minimum atomic E-state index is -0.459. The monoisotopic (exact) mass is 321 g/mol. The smallest absolute Gasteiger partial charge is 0.142 e. The van der Waals surface area contributed by atoms with Gasteiger partial charge in [-0.15, -0.1) is 0 Å². The van der Waals surface area contributed by atoms with Crippen LogP contribution in [0.3, 0.4) is 0 Å². The van der Waals surface area contributed by atoms with Gasteiger partial charge in [-0.2, -0.15) is 0 Å². The van der Waals surface area contributed by atoms with Gasteiger partial charge in [0.15, 0.2) is 0 Å². The Morgan fingerprint density at radius 3 is 2.55 bits per heavy atom. The molecular weight excluding hydrogens is 300 g/mol. The van der Waals surface area contributed by atoms with E-state index in [0.717, 1.165) is 19.4 Å². The maximum absolute atomic E-state index is 13.5. The Hall–Kier alpha value is -0.350. The third kappa shape index (κ3) is 5.21. The van der Waals surface area contributed by atoms with Gasteiger partial charge >= 0.3 is 0 Å². The Morgan fingerprint density at radius 2 is 1.95 bits per heavy atom. The first kappa shape index (κ1) is 17.7. The van der Waals surface area contributed by atoms with Gasteiger partial charge < -0.3 is 10.4 Å². The van der Waals surface area contributed by atoms with Gasteiger partial charge in [0.25, 0.3) is 0 Å². The van der Waals surface area contributed by atoms with Crippen LogP contribution in [0.1, 0.15) is 45.2 Å². The number of aliphatic hydroxyl groups excluding tert-OH is 1. The van der Waals surface area contributed by atoms with Crippen LogP contribution in [0.5, 0.6) is 0 Å². The molecule has 2 nitrogen and oxygen atoms in total. The molecule has 1 aromatic carbocycles. The topological polar surface area (TPSA) is 32.3 Å². The van der Waals surface area contributed by atoms with Crippen molar-refractivity contribution in [1.82, 2.24) is 5.32 Å². The highest BCUT2D eigenvalue weighted by atomic mass is 35.5. The van der Waals surface area contributed by atoms with E-state index in [-0.39, 0.29) is 23.1 Å².